The van der Waals surface area contributed by atoms with Crippen molar-refractivity contribution < 1.29 is 4.74 Å². The monoisotopic (exact) mass is 165 g/mol. The van der Waals surface area contributed by atoms with E-state index < -0.39 is 0 Å². The van der Waals surface area contributed by atoms with Crippen molar-refractivity contribution in [3.05, 3.63) is 29.3 Å². The van der Waals surface area contributed by atoms with Crippen LogP contribution in [-0.4, -0.2) is 6.23 Å². The maximum absolute atomic E-state index is 5.51. The second-order valence-electron chi connectivity index (χ2n) is 3.09. The highest BCUT2D eigenvalue weighted by molar-refractivity contribution is 5.35. The van der Waals surface area contributed by atoms with Crippen LogP contribution in [-0.2, 0) is 0 Å². The van der Waals surface area contributed by atoms with Crippen LogP contribution in [0.3, 0.4) is 0 Å². The van der Waals surface area contributed by atoms with E-state index in [0.717, 1.165) is 11.3 Å². The Hall–Kier alpha value is -1.02. The zero-order chi connectivity index (χ0) is 9.14. The second kappa shape index (κ2) is 3.59. The maximum Gasteiger partial charge on any atom is 0.144 e. The lowest BCUT2D eigenvalue weighted by Crippen LogP contribution is -2.22. The van der Waals surface area contributed by atoms with E-state index in [1.807, 2.05) is 26.0 Å². The van der Waals surface area contributed by atoms with Gasteiger partial charge in [-0.25, -0.2) is 0 Å². The summed E-state index contributed by atoms with van der Waals surface area (Å²) in [5.74, 6) is 0.871. The molecule has 0 aliphatic rings. The number of hydrogen-bond acceptors (Lipinski definition) is 2. The third-order valence-corrected chi connectivity index (χ3v) is 1.64. The van der Waals surface area contributed by atoms with Crippen LogP contribution in [0.5, 0.6) is 5.75 Å². The summed E-state index contributed by atoms with van der Waals surface area (Å²) in [5.41, 5.74) is 7.88. The molecule has 0 unspecified atom stereocenters. The predicted molar refractivity (Wildman–Crippen MR) is 50.2 cm³/mol. The van der Waals surface area contributed by atoms with Crippen molar-refractivity contribution in [1.82, 2.24) is 0 Å². The first-order valence-corrected chi connectivity index (χ1v) is 4.09. The Balaban J connectivity index is 2.86. The van der Waals surface area contributed by atoms with Gasteiger partial charge in [-0.15, -0.1) is 0 Å². The highest BCUT2D eigenvalue weighted by Gasteiger charge is 2.00. The van der Waals surface area contributed by atoms with Crippen molar-refractivity contribution in [2.75, 3.05) is 0 Å². The quantitative estimate of drug-likeness (QED) is 0.680. The molecular formula is C10H15NO. The summed E-state index contributed by atoms with van der Waals surface area (Å²) in [4.78, 5) is 0. The normalized spacial score (nSPS) is 12.7. The van der Waals surface area contributed by atoms with Gasteiger partial charge >= 0.3 is 0 Å². The van der Waals surface area contributed by atoms with Crippen LogP contribution in [0.25, 0.3) is 0 Å². The van der Waals surface area contributed by atoms with Crippen molar-refractivity contribution in [3.63, 3.8) is 0 Å². The summed E-state index contributed by atoms with van der Waals surface area (Å²) < 4.78 is 5.38. The minimum Gasteiger partial charge on any atom is -0.476 e. The molecule has 0 saturated carbocycles. The number of ether oxygens (including phenoxy) is 1. The van der Waals surface area contributed by atoms with Crippen LogP contribution in [0, 0.1) is 13.8 Å². The fraction of sp³-hybridized carbons (Fsp3) is 0.400. The number of benzene rings is 1. The summed E-state index contributed by atoms with van der Waals surface area (Å²) in [6.07, 6.45) is -0.244. The van der Waals surface area contributed by atoms with Gasteiger partial charge in [-0.2, -0.15) is 0 Å². The van der Waals surface area contributed by atoms with Gasteiger partial charge in [-0.1, -0.05) is 17.7 Å². The van der Waals surface area contributed by atoms with Gasteiger partial charge in [0, 0.05) is 0 Å². The minimum atomic E-state index is -0.244. The molecule has 0 aliphatic carbocycles. The molecule has 0 spiro atoms. The van der Waals surface area contributed by atoms with Crippen LogP contribution >= 0.6 is 0 Å². The van der Waals surface area contributed by atoms with E-state index in [0.29, 0.717) is 0 Å². The zero-order valence-corrected chi connectivity index (χ0v) is 7.79. The van der Waals surface area contributed by atoms with Gasteiger partial charge in [0.05, 0.1) is 0 Å². The van der Waals surface area contributed by atoms with Crippen LogP contribution < -0.4 is 10.5 Å². The molecule has 0 aliphatic heterocycles. The lowest BCUT2D eigenvalue weighted by molar-refractivity contribution is 0.228. The molecule has 0 bridgehead atoms. The molecule has 0 radical (unpaired) electrons. The smallest absolute Gasteiger partial charge is 0.144 e. The van der Waals surface area contributed by atoms with E-state index in [1.165, 1.54) is 5.56 Å². The Morgan fingerprint density at radius 2 is 2.00 bits per heavy atom. The van der Waals surface area contributed by atoms with E-state index in [1.54, 1.807) is 0 Å². The lowest BCUT2D eigenvalue weighted by atomic mass is 10.1. The number of rotatable bonds is 2. The molecular weight excluding hydrogens is 150 g/mol. The SMILES string of the molecule is Cc1ccc(O[C@H](C)N)c(C)c1. The number of hydrogen-bond donors (Lipinski definition) is 1. The first-order valence-electron chi connectivity index (χ1n) is 4.09. The van der Waals surface area contributed by atoms with Crippen molar-refractivity contribution in [2.24, 2.45) is 5.73 Å². The Morgan fingerprint density at radius 3 is 2.50 bits per heavy atom. The molecule has 12 heavy (non-hydrogen) atoms. The molecule has 1 atom stereocenters. The topological polar surface area (TPSA) is 35.2 Å². The summed E-state index contributed by atoms with van der Waals surface area (Å²) >= 11 is 0. The van der Waals surface area contributed by atoms with Crippen LogP contribution in [0.15, 0.2) is 18.2 Å². The number of nitrogens with two attached hydrogens (primary N) is 1. The highest BCUT2D eigenvalue weighted by atomic mass is 16.5. The van der Waals surface area contributed by atoms with Gasteiger partial charge < -0.3 is 4.74 Å². The third kappa shape index (κ3) is 2.24. The average molecular weight is 165 g/mol. The molecule has 0 heterocycles. The van der Waals surface area contributed by atoms with Crippen LogP contribution in [0.1, 0.15) is 18.1 Å². The van der Waals surface area contributed by atoms with Gasteiger partial charge in [0.2, 0.25) is 0 Å². The van der Waals surface area contributed by atoms with Crippen molar-refractivity contribution in [1.29, 1.82) is 0 Å². The maximum atomic E-state index is 5.51. The van der Waals surface area contributed by atoms with E-state index in [2.05, 4.69) is 13.0 Å². The summed E-state index contributed by atoms with van der Waals surface area (Å²) in [6.45, 7) is 5.90. The lowest BCUT2D eigenvalue weighted by Gasteiger charge is -2.12. The van der Waals surface area contributed by atoms with Crippen molar-refractivity contribution in [2.45, 2.75) is 27.0 Å². The standard InChI is InChI=1S/C10H15NO/c1-7-4-5-10(8(2)6-7)12-9(3)11/h4-6,9H,11H2,1-3H3/t9-/m1/s1. The Labute approximate surface area is 73.3 Å². The van der Waals surface area contributed by atoms with Crippen LogP contribution in [0.2, 0.25) is 0 Å². The molecule has 2 nitrogen and oxygen atoms in total. The average Bonchev–Trinajstić information content (AvgIpc) is 1.94. The zero-order valence-electron chi connectivity index (χ0n) is 7.79. The Morgan fingerprint density at radius 1 is 1.33 bits per heavy atom. The largest absolute Gasteiger partial charge is 0.476 e. The molecule has 0 saturated heterocycles. The van der Waals surface area contributed by atoms with Gasteiger partial charge in [0.25, 0.3) is 0 Å². The molecule has 1 aromatic rings. The third-order valence-electron chi connectivity index (χ3n) is 1.64. The molecule has 0 fully saturated rings. The van der Waals surface area contributed by atoms with E-state index in [-0.39, 0.29) is 6.23 Å². The Bertz CT molecular complexity index is 269. The first-order chi connectivity index (χ1) is 5.59. The van der Waals surface area contributed by atoms with Gasteiger partial charge in [0.15, 0.2) is 0 Å². The molecule has 2 heteroatoms. The number of aryl methyl sites for hydroxylation is 2. The first kappa shape index (κ1) is 9.07. The molecule has 1 aromatic carbocycles. The second-order valence-corrected chi connectivity index (χ2v) is 3.09. The predicted octanol–water partition coefficient (Wildman–Crippen LogP) is 1.99. The van der Waals surface area contributed by atoms with Crippen molar-refractivity contribution >= 4 is 0 Å². The summed E-state index contributed by atoms with van der Waals surface area (Å²) in [5, 5.41) is 0. The fourth-order valence-corrected chi connectivity index (χ4v) is 1.13. The minimum absolute atomic E-state index is 0.244. The summed E-state index contributed by atoms with van der Waals surface area (Å²) in [6, 6.07) is 6.05. The molecule has 0 aromatic heterocycles. The van der Waals surface area contributed by atoms with Gasteiger partial charge in [0.1, 0.15) is 12.0 Å². The fourth-order valence-electron chi connectivity index (χ4n) is 1.13. The highest BCUT2D eigenvalue weighted by Crippen LogP contribution is 2.18. The molecule has 66 valence electrons. The van der Waals surface area contributed by atoms with E-state index >= 15 is 0 Å². The van der Waals surface area contributed by atoms with Gasteiger partial charge in [-0.3, -0.25) is 5.73 Å². The van der Waals surface area contributed by atoms with E-state index in [9.17, 15) is 0 Å². The van der Waals surface area contributed by atoms with Crippen molar-refractivity contribution in [3.8, 4) is 5.75 Å². The molecule has 0 amide bonds. The Kier molecular flexibility index (Phi) is 2.71. The molecule has 1 rings (SSSR count). The van der Waals surface area contributed by atoms with E-state index in [4.69, 9.17) is 10.5 Å². The van der Waals surface area contributed by atoms with Crippen LogP contribution in [0.4, 0.5) is 0 Å². The summed E-state index contributed by atoms with van der Waals surface area (Å²) in [7, 11) is 0. The molecule has 2 N–H and O–H groups in total. The van der Waals surface area contributed by atoms with Gasteiger partial charge in [-0.05, 0) is 32.4 Å².